The number of carbonyl (C=O) groups is 1. The molecular formula is C32H38N6O. The molecule has 1 unspecified atom stereocenters. The fraction of sp³-hybridized carbons (Fsp3) is 0.375. The van der Waals surface area contributed by atoms with Crippen molar-refractivity contribution >= 4 is 29.6 Å². The smallest absolute Gasteiger partial charge is 0.146 e. The first-order chi connectivity index (χ1) is 19.0. The van der Waals surface area contributed by atoms with Gasteiger partial charge >= 0.3 is 0 Å². The van der Waals surface area contributed by atoms with Gasteiger partial charge in [0.2, 0.25) is 0 Å². The third kappa shape index (κ3) is 6.42. The molecular weight excluding hydrogens is 484 g/mol. The number of nitrogens with one attached hydrogen (secondary N) is 3. The monoisotopic (exact) mass is 522 g/mol. The van der Waals surface area contributed by atoms with E-state index in [1.807, 2.05) is 43.5 Å². The van der Waals surface area contributed by atoms with Crippen molar-refractivity contribution in [2.75, 3.05) is 25.0 Å². The molecule has 0 bridgehead atoms. The van der Waals surface area contributed by atoms with Gasteiger partial charge in [0.1, 0.15) is 18.1 Å². The summed E-state index contributed by atoms with van der Waals surface area (Å²) in [7, 11) is 0. The molecule has 1 aromatic carbocycles. The van der Waals surface area contributed by atoms with Gasteiger partial charge in [0.15, 0.2) is 0 Å². The lowest BCUT2D eigenvalue weighted by molar-refractivity contribution is -0.109. The van der Waals surface area contributed by atoms with Crippen molar-refractivity contribution < 1.29 is 4.79 Å². The van der Waals surface area contributed by atoms with Gasteiger partial charge < -0.3 is 25.7 Å². The molecule has 3 aromatic rings. The van der Waals surface area contributed by atoms with Crippen LogP contribution >= 0.6 is 0 Å². The van der Waals surface area contributed by atoms with Gasteiger partial charge in [0.25, 0.3) is 0 Å². The number of pyridine rings is 2. The van der Waals surface area contributed by atoms with E-state index in [1.165, 1.54) is 5.56 Å². The molecule has 3 N–H and O–H groups in total. The van der Waals surface area contributed by atoms with E-state index >= 15 is 0 Å². The number of hydrogen-bond donors (Lipinski definition) is 3. The molecule has 0 spiro atoms. The van der Waals surface area contributed by atoms with E-state index in [2.05, 4.69) is 51.7 Å². The largest absolute Gasteiger partial charge is 0.378 e. The molecule has 4 heterocycles. The zero-order valence-corrected chi connectivity index (χ0v) is 22.9. The fourth-order valence-electron chi connectivity index (χ4n) is 5.54. The number of aromatic nitrogens is 2. The maximum atomic E-state index is 11.9. The Kier molecular flexibility index (Phi) is 8.47. The van der Waals surface area contributed by atoms with Crippen molar-refractivity contribution in [2.24, 2.45) is 5.92 Å². The van der Waals surface area contributed by atoms with Crippen molar-refractivity contribution in [3.05, 3.63) is 77.1 Å². The van der Waals surface area contributed by atoms with Crippen LogP contribution in [0.5, 0.6) is 0 Å². The van der Waals surface area contributed by atoms with Crippen LogP contribution in [0.25, 0.3) is 17.5 Å². The maximum Gasteiger partial charge on any atom is 0.146 e. The maximum absolute atomic E-state index is 11.9. The lowest BCUT2D eigenvalue weighted by Crippen LogP contribution is -2.37. The lowest BCUT2D eigenvalue weighted by atomic mass is 9.89. The third-order valence-corrected chi connectivity index (χ3v) is 7.76. The predicted octanol–water partition coefficient (Wildman–Crippen LogP) is 6.08. The van der Waals surface area contributed by atoms with Crippen LogP contribution in [0.4, 0.5) is 11.5 Å². The lowest BCUT2D eigenvalue weighted by Gasteiger charge is -2.32. The zero-order chi connectivity index (χ0) is 27.2. The molecule has 5 rings (SSSR count). The molecule has 1 saturated heterocycles. The number of aldehydes is 1. The summed E-state index contributed by atoms with van der Waals surface area (Å²) in [4.78, 5) is 24.0. The highest BCUT2D eigenvalue weighted by atomic mass is 16.1. The third-order valence-electron chi connectivity index (χ3n) is 7.76. The number of fused-ring (bicyclic) bond motifs is 1. The van der Waals surface area contributed by atoms with Crippen molar-refractivity contribution in [3.8, 4) is 11.4 Å². The van der Waals surface area contributed by atoms with E-state index < -0.39 is 6.04 Å². The zero-order valence-electron chi connectivity index (χ0n) is 22.9. The Hall–Kier alpha value is -3.84. The molecule has 1 fully saturated rings. The summed E-state index contributed by atoms with van der Waals surface area (Å²) in [5, 5.41) is 14.9. The summed E-state index contributed by atoms with van der Waals surface area (Å²) in [6.45, 7) is 7.33. The normalized spacial score (nSPS) is 17.3. The second kappa shape index (κ2) is 12.3. The van der Waals surface area contributed by atoms with Gasteiger partial charge in [0, 0.05) is 29.2 Å². The van der Waals surface area contributed by atoms with Crippen LogP contribution < -0.4 is 10.6 Å². The van der Waals surface area contributed by atoms with Crippen LogP contribution in [-0.2, 0) is 11.2 Å². The van der Waals surface area contributed by atoms with Crippen molar-refractivity contribution in [3.63, 3.8) is 0 Å². The van der Waals surface area contributed by atoms with Gasteiger partial charge in [-0.15, -0.1) is 0 Å². The number of aryl methyl sites for hydroxylation is 1. The molecule has 202 valence electrons. The number of likely N-dealkylation sites (tertiary alicyclic amines) is 1. The van der Waals surface area contributed by atoms with Crippen LogP contribution in [0, 0.1) is 18.3 Å². The summed E-state index contributed by atoms with van der Waals surface area (Å²) >= 11 is 0. The van der Waals surface area contributed by atoms with Gasteiger partial charge in [-0.3, -0.25) is 4.98 Å². The molecule has 0 radical (unpaired) electrons. The Bertz CT molecular complexity index is 1340. The SMILES string of the molecule is CCCC(=N)C1CCN(CCc2ccc(Nc3nc(-c4cccc(C)n4)cc4c3C(C=O)NC=C4)cc2)CC1. The number of rotatable bonds is 10. The second-order valence-electron chi connectivity index (χ2n) is 10.6. The van der Waals surface area contributed by atoms with E-state index in [4.69, 9.17) is 10.4 Å². The number of carbonyl (C=O) groups excluding carboxylic acids is 1. The van der Waals surface area contributed by atoms with Gasteiger partial charge in [-0.1, -0.05) is 31.5 Å². The number of nitrogens with zero attached hydrogens (tertiary/aromatic N) is 3. The average Bonchev–Trinajstić information content (AvgIpc) is 2.96. The van der Waals surface area contributed by atoms with Crippen LogP contribution in [-0.4, -0.2) is 46.5 Å². The summed E-state index contributed by atoms with van der Waals surface area (Å²) in [5.74, 6) is 1.14. The van der Waals surface area contributed by atoms with Crippen LogP contribution in [0.1, 0.15) is 61.0 Å². The van der Waals surface area contributed by atoms with E-state index in [0.717, 1.165) is 97.6 Å². The Morgan fingerprint density at radius 3 is 2.64 bits per heavy atom. The molecule has 2 aliphatic rings. The van der Waals surface area contributed by atoms with Crippen molar-refractivity contribution in [1.29, 1.82) is 5.41 Å². The fourth-order valence-corrected chi connectivity index (χ4v) is 5.54. The second-order valence-corrected chi connectivity index (χ2v) is 10.6. The number of benzene rings is 1. The quantitative estimate of drug-likeness (QED) is 0.221. The average molecular weight is 523 g/mol. The molecule has 1 atom stereocenters. The van der Waals surface area contributed by atoms with E-state index in [9.17, 15) is 4.79 Å². The van der Waals surface area contributed by atoms with Crippen molar-refractivity contribution in [1.82, 2.24) is 20.2 Å². The van der Waals surface area contributed by atoms with Crippen molar-refractivity contribution in [2.45, 2.75) is 52.0 Å². The highest BCUT2D eigenvalue weighted by Crippen LogP contribution is 2.33. The van der Waals surface area contributed by atoms with Gasteiger partial charge in [-0.2, -0.15) is 0 Å². The number of anilines is 2. The first kappa shape index (κ1) is 26.8. The molecule has 7 heteroatoms. The summed E-state index contributed by atoms with van der Waals surface area (Å²) in [5.41, 5.74) is 7.46. The Morgan fingerprint density at radius 2 is 1.92 bits per heavy atom. The van der Waals surface area contributed by atoms with Gasteiger partial charge in [0.05, 0.1) is 11.4 Å². The molecule has 0 saturated carbocycles. The number of hydrogen-bond acceptors (Lipinski definition) is 7. The van der Waals surface area contributed by atoms with E-state index in [1.54, 1.807) is 0 Å². The molecule has 0 aliphatic carbocycles. The van der Waals surface area contributed by atoms with E-state index in [0.29, 0.717) is 11.7 Å². The standard InChI is InChI=1S/C32H38N6O/c1-3-5-27(33)24-14-18-38(19-15-24)17-13-23-8-10-26(11-9-23)36-32-31-25(12-16-34-30(31)21-39)20-29(37-32)28-7-4-6-22(2)35-28/h4,6-12,16,20-21,24,30,33-34H,3,5,13-15,17-19H2,1-2H3,(H,36,37). The molecule has 0 amide bonds. The minimum atomic E-state index is -0.464. The Morgan fingerprint density at radius 1 is 1.13 bits per heavy atom. The highest BCUT2D eigenvalue weighted by Gasteiger charge is 2.24. The topological polar surface area (TPSA) is 94.0 Å². The molecule has 39 heavy (non-hydrogen) atoms. The molecule has 2 aromatic heterocycles. The minimum absolute atomic E-state index is 0.464. The van der Waals surface area contributed by atoms with Crippen LogP contribution in [0.15, 0.2) is 54.7 Å². The highest BCUT2D eigenvalue weighted by molar-refractivity contribution is 5.84. The summed E-state index contributed by atoms with van der Waals surface area (Å²) in [6.07, 6.45) is 9.94. The minimum Gasteiger partial charge on any atom is -0.378 e. The number of piperidine rings is 1. The van der Waals surface area contributed by atoms with E-state index in [-0.39, 0.29) is 0 Å². The molecule has 7 nitrogen and oxygen atoms in total. The Balaban J connectivity index is 1.27. The first-order valence-corrected chi connectivity index (χ1v) is 14.1. The predicted molar refractivity (Wildman–Crippen MR) is 158 cm³/mol. The van der Waals surface area contributed by atoms with Crippen LogP contribution in [0.3, 0.4) is 0 Å². The Labute approximate surface area is 231 Å². The summed E-state index contributed by atoms with van der Waals surface area (Å²) in [6, 6.07) is 15.9. The van der Waals surface area contributed by atoms with Crippen LogP contribution in [0.2, 0.25) is 0 Å². The van der Waals surface area contributed by atoms with Gasteiger partial charge in [-0.25, -0.2) is 4.98 Å². The van der Waals surface area contributed by atoms with Gasteiger partial charge in [-0.05, 0) is 105 Å². The molecule has 2 aliphatic heterocycles. The summed E-state index contributed by atoms with van der Waals surface area (Å²) < 4.78 is 0. The first-order valence-electron chi connectivity index (χ1n) is 14.1.